The Labute approximate surface area is 315 Å². The Kier molecular flexibility index (Phi) is 9.88. The molecule has 0 aromatic heterocycles. The molecule has 6 aliphatic rings. The van der Waals surface area contributed by atoms with Crippen molar-refractivity contribution < 1.29 is 27.4 Å². The third-order valence-electron chi connectivity index (χ3n) is 13.9. The summed E-state index contributed by atoms with van der Waals surface area (Å²) < 4.78 is 49.5. The zero-order valence-corrected chi connectivity index (χ0v) is 32.8. The van der Waals surface area contributed by atoms with Crippen LogP contribution in [0.5, 0.6) is 5.75 Å². The van der Waals surface area contributed by atoms with Crippen LogP contribution in [0.3, 0.4) is 0 Å². The van der Waals surface area contributed by atoms with Gasteiger partial charge >= 0.3 is 0 Å². The monoisotopic (exact) mass is 753 g/mol. The Morgan fingerprint density at radius 1 is 0.942 bits per heavy atom. The maximum Gasteiger partial charge on any atom is 0.264 e. The molecular formula is C41H56ClN3O6S. The molecule has 2 saturated heterocycles. The van der Waals surface area contributed by atoms with E-state index in [0.717, 1.165) is 87.5 Å². The van der Waals surface area contributed by atoms with Crippen LogP contribution in [0.25, 0.3) is 0 Å². The van der Waals surface area contributed by atoms with Crippen molar-refractivity contribution in [3.8, 4) is 5.75 Å². The third-order valence-corrected chi connectivity index (χ3v) is 16.1. The van der Waals surface area contributed by atoms with Crippen molar-refractivity contribution in [2.45, 2.75) is 114 Å². The number of hydrogen-bond donors (Lipinski definition) is 1. The van der Waals surface area contributed by atoms with Crippen LogP contribution < -0.4 is 14.4 Å². The van der Waals surface area contributed by atoms with Gasteiger partial charge < -0.3 is 19.1 Å². The number of amides is 1. The first-order valence-electron chi connectivity index (χ1n) is 19.7. The molecule has 0 unspecified atom stereocenters. The Bertz CT molecular complexity index is 1780. The van der Waals surface area contributed by atoms with Crippen LogP contribution in [0.15, 0.2) is 36.4 Å². The lowest BCUT2D eigenvalue weighted by Gasteiger charge is -2.54. The number of likely N-dealkylation sites (tertiary alicyclic amines) is 1. The molecule has 0 radical (unpaired) electrons. The SMILES string of the molecule is C[C@@H]1[C@@H](C)CCC[C@@H](C2OCC(N3CCC3(C)C)CO2)[C@@H]2CC[C@H]2CN2C[C@@]3(CCCc4cc(Cl)ccc43)COc3ccc(cc32)C(=O)NS1(=O)=O. The Morgan fingerprint density at radius 3 is 2.46 bits per heavy atom. The number of halogens is 1. The van der Waals surface area contributed by atoms with E-state index in [0.29, 0.717) is 37.2 Å². The van der Waals surface area contributed by atoms with Crippen LogP contribution in [0.1, 0.15) is 101 Å². The summed E-state index contributed by atoms with van der Waals surface area (Å²) in [5.41, 5.74) is 3.69. The summed E-state index contributed by atoms with van der Waals surface area (Å²) in [4.78, 5) is 18.6. The molecule has 4 aliphatic heterocycles. The van der Waals surface area contributed by atoms with E-state index < -0.39 is 21.2 Å². The number of carbonyl (C=O) groups excluding carboxylic acids is 1. The lowest BCUT2D eigenvalue weighted by molar-refractivity contribution is -0.255. The molecule has 9 nitrogen and oxygen atoms in total. The first kappa shape index (κ1) is 36.6. The van der Waals surface area contributed by atoms with Gasteiger partial charge in [0.15, 0.2) is 6.29 Å². The fourth-order valence-corrected chi connectivity index (χ4v) is 11.8. The quantitative estimate of drug-likeness (QED) is 0.352. The molecule has 1 N–H and O–H groups in total. The van der Waals surface area contributed by atoms with Crippen molar-refractivity contribution in [1.29, 1.82) is 0 Å². The summed E-state index contributed by atoms with van der Waals surface area (Å²) in [5, 5.41) is 0.0332. The van der Waals surface area contributed by atoms with E-state index in [-0.39, 0.29) is 35.1 Å². The molecule has 1 saturated carbocycles. The van der Waals surface area contributed by atoms with Crippen LogP contribution in [0.4, 0.5) is 5.69 Å². The second-order valence-corrected chi connectivity index (χ2v) is 20.0. The largest absolute Gasteiger partial charge is 0.490 e. The van der Waals surface area contributed by atoms with Crippen LogP contribution >= 0.6 is 11.6 Å². The van der Waals surface area contributed by atoms with Gasteiger partial charge in [0.25, 0.3) is 5.91 Å². The fourth-order valence-electron chi connectivity index (χ4n) is 10.3. The minimum absolute atomic E-state index is 0.123. The number of anilines is 1. The standard InChI is InChI=1S/C41H56ClN3O6S/c1-26-7-5-9-34(39-49-22-32(23-50-39)45-18-17-40(45,3)4)33-13-10-30(33)21-44-24-41(16-6-8-28-19-31(42)12-14-35(28)41)25-51-37-15-11-29(20-36(37)44)38(46)43-52(47,48)27(26)2/h11-12,14-15,19-20,26-27,30,32-34,39H,5-10,13,16-18,21-25H2,1-4H3,(H,43,46)/t26-,27+,30-,32?,33+,34+,39?,41-/m0/s1. The number of ether oxygens (including phenoxy) is 3. The van der Waals surface area contributed by atoms with Gasteiger partial charge in [0, 0.05) is 47.1 Å². The zero-order chi connectivity index (χ0) is 36.4. The van der Waals surface area contributed by atoms with Gasteiger partial charge in [-0.05, 0) is 131 Å². The van der Waals surface area contributed by atoms with Crippen molar-refractivity contribution >= 4 is 33.2 Å². The number of sulfonamides is 1. The highest BCUT2D eigenvalue weighted by Gasteiger charge is 2.48. The first-order chi connectivity index (χ1) is 24.8. The lowest BCUT2D eigenvalue weighted by atomic mass is 9.64. The van der Waals surface area contributed by atoms with E-state index in [1.165, 1.54) is 17.5 Å². The molecule has 3 fully saturated rings. The molecule has 52 heavy (non-hydrogen) atoms. The molecule has 2 aromatic carbocycles. The summed E-state index contributed by atoms with van der Waals surface area (Å²) in [7, 11) is -3.91. The average molecular weight is 754 g/mol. The number of rotatable bonds is 2. The highest BCUT2D eigenvalue weighted by molar-refractivity contribution is 7.90. The lowest BCUT2D eigenvalue weighted by Crippen LogP contribution is -2.64. The maximum atomic E-state index is 13.6. The smallest absolute Gasteiger partial charge is 0.264 e. The molecule has 4 heterocycles. The van der Waals surface area contributed by atoms with Crippen molar-refractivity contribution in [2.24, 2.45) is 23.7 Å². The Hall–Kier alpha value is -2.37. The molecule has 2 aromatic rings. The van der Waals surface area contributed by atoms with Crippen molar-refractivity contribution in [1.82, 2.24) is 9.62 Å². The Balaban J connectivity index is 1.13. The third kappa shape index (κ3) is 6.78. The van der Waals surface area contributed by atoms with Gasteiger partial charge in [-0.2, -0.15) is 0 Å². The van der Waals surface area contributed by atoms with Gasteiger partial charge in [0.2, 0.25) is 10.0 Å². The first-order valence-corrected chi connectivity index (χ1v) is 21.6. The molecule has 284 valence electrons. The summed E-state index contributed by atoms with van der Waals surface area (Å²) >= 11 is 6.49. The van der Waals surface area contributed by atoms with E-state index >= 15 is 0 Å². The number of fused-ring (bicyclic) bond motifs is 4. The molecule has 1 spiro atoms. The molecular weight excluding hydrogens is 698 g/mol. The van der Waals surface area contributed by atoms with Gasteiger partial charge in [0.1, 0.15) is 5.75 Å². The second-order valence-electron chi connectivity index (χ2n) is 17.5. The molecule has 1 amide bonds. The minimum Gasteiger partial charge on any atom is -0.490 e. The van der Waals surface area contributed by atoms with E-state index in [4.69, 9.17) is 25.8 Å². The summed E-state index contributed by atoms with van der Waals surface area (Å²) in [6.07, 6.45) is 8.73. The van der Waals surface area contributed by atoms with E-state index in [1.54, 1.807) is 13.0 Å². The summed E-state index contributed by atoms with van der Waals surface area (Å²) in [6, 6.07) is 12.0. The van der Waals surface area contributed by atoms with E-state index in [9.17, 15) is 13.2 Å². The summed E-state index contributed by atoms with van der Waals surface area (Å²) in [5.74, 6) is 1.06. The fraction of sp³-hybridized carbons (Fsp3) is 0.683. The van der Waals surface area contributed by atoms with Gasteiger partial charge in [-0.15, -0.1) is 0 Å². The van der Waals surface area contributed by atoms with Crippen molar-refractivity contribution in [3.63, 3.8) is 0 Å². The van der Waals surface area contributed by atoms with Gasteiger partial charge in [0.05, 0.1) is 36.8 Å². The minimum atomic E-state index is -3.91. The highest BCUT2D eigenvalue weighted by atomic mass is 35.5. The second kappa shape index (κ2) is 14.0. The van der Waals surface area contributed by atoms with Crippen molar-refractivity contribution in [2.75, 3.05) is 44.4 Å². The van der Waals surface area contributed by atoms with Crippen LogP contribution in [-0.4, -0.2) is 81.8 Å². The molecule has 2 aliphatic carbocycles. The number of nitrogens with zero attached hydrogens (tertiary/aromatic N) is 2. The predicted octanol–water partition coefficient (Wildman–Crippen LogP) is 6.95. The maximum absolute atomic E-state index is 13.6. The van der Waals surface area contributed by atoms with Crippen LogP contribution in [0, 0.1) is 23.7 Å². The van der Waals surface area contributed by atoms with Gasteiger partial charge in [-0.1, -0.05) is 31.0 Å². The van der Waals surface area contributed by atoms with E-state index in [2.05, 4.69) is 40.5 Å². The Morgan fingerprint density at radius 2 is 1.75 bits per heavy atom. The topological polar surface area (TPSA) is 97.4 Å². The highest BCUT2D eigenvalue weighted by Crippen LogP contribution is 2.49. The number of aryl methyl sites for hydroxylation is 1. The molecule has 8 rings (SSSR count). The zero-order valence-electron chi connectivity index (χ0n) is 31.2. The average Bonchev–Trinajstić information content (AvgIpc) is 3.25. The number of benzene rings is 2. The van der Waals surface area contributed by atoms with Gasteiger partial charge in [-0.25, -0.2) is 13.1 Å². The number of carbonyl (C=O) groups is 1. The normalized spacial score (nSPS) is 36.2. The van der Waals surface area contributed by atoms with E-state index in [1.807, 2.05) is 25.1 Å². The van der Waals surface area contributed by atoms with Gasteiger partial charge in [-0.3, -0.25) is 9.69 Å². The number of nitrogens with one attached hydrogen (secondary N) is 1. The van der Waals surface area contributed by atoms with Crippen molar-refractivity contribution in [3.05, 3.63) is 58.1 Å². The molecule has 11 heteroatoms. The number of hydrogen-bond acceptors (Lipinski definition) is 8. The van der Waals surface area contributed by atoms with Crippen LogP contribution in [0.2, 0.25) is 5.02 Å². The predicted molar refractivity (Wildman–Crippen MR) is 204 cm³/mol. The molecule has 6 atom stereocenters. The van der Waals surface area contributed by atoms with Crippen LogP contribution in [-0.2, 0) is 31.3 Å². The molecule has 2 bridgehead atoms. The summed E-state index contributed by atoms with van der Waals surface area (Å²) in [6.45, 7) is 12.8.